The molecule has 0 aromatic heterocycles. The lowest BCUT2D eigenvalue weighted by molar-refractivity contribution is 0.799. The van der Waals surface area contributed by atoms with Crippen LogP contribution in [0.5, 0.6) is 0 Å². The van der Waals surface area contributed by atoms with E-state index in [1.165, 1.54) is 19.3 Å². The van der Waals surface area contributed by atoms with Crippen LogP contribution in [0.4, 0.5) is 0 Å². The molecule has 1 aliphatic carbocycles. The minimum Gasteiger partial charge on any atom is -0.331 e. The molecule has 0 aromatic rings. The molecule has 50 valence electrons. The van der Waals surface area contributed by atoms with Gasteiger partial charge in [0.2, 0.25) is 0 Å². The molecule has 0 bridgehead atoms. The normalized spacial score (nSPS) is 16.9. The summed E-state index contributed by atoms with van der Waals surface area (Å²) in [5.41, 5.74) is 4.85. The maximum atomic E-state index is 4.85. The molecule has 8 heavy (non-hydrogen) atoms. The van der Waals surface area contributed by atoms with Gasteiger partial charge in [0.05, 0.1) is 0 Å². The van der Waals surface area contributed by atoms with E-state index in [2.05, 4.69) is 6.92 Å². The summed E-state index contributed by atoms with van der Waals surface area (Å²) in [5, 5.41) is 0. The molecule has 1 rings (SSSR count). The van der Waals surface area contributed by atoms with E-state index in [1.807, 2.05) is 6.92 Å². The minimum atomic E-state index is 0.750. The largest absolute Gasteiger partial charge is 0.331 e. The molecule has 1 heteroatoms. The molecular weight excluding hydrogens is 98.1 g/mol. The van der Waals surface area contributed by atoms with Crippen LogP contribution in [0.1, 0.15) is 33.1 Å². The summed E-state index contributed by atoms with van der Waals surface area (Å²) in [6, 6.07) is 0. The number of hydrogen-bond acceptors (Lipinski definition) is 1. The highest BCUT2D eigenvalue weighted by Gasteiger charge is 2.17. The summed E-state index contributed by atoms with van der Waals surface area (Å²) >= 11 is 0. The van der Waals surface area contributed by atoms with E-state index in [0.29, 0.717) is 0 Å². The molecule has 2 N–H and O–H groups in total. The van der Waals surface area contributed by atoms with Crippen LogP contribution >= 0.6 is 0 Å². The molecule has 1 fully saturated rings. The van der Waals surface area contributed by atoms with E-state index >= 15 is 0 Å². The monoisotopic (exact) mass is 115 g/mol. The van der Waals surface area contributed by atoms with Gasteiger partial charge in [0.1, 0.15) is 0 Å². The third-order valence-electron chi connectivity index (χ3n) is 1.27. The molecule has 0 atom stereocenters. The van der Waals surface area contributed by atoms with Crippen molar-refractivity contribution in [3.63, 3.8) is 0 Å². The van der Waals surface area contributed by atoms with Crippen LogP contribution in [0.3, 0.4) is 0 Å². The minimum absolute atomic E-state index is 0.750. The van der Waals surface area contributed by atoms with Crippen LogP contribution in [0, 0.1) is 5.92 Å². The maximum Gasteiger partial charge on any atom is -0.0106 e. The molecule has 0 spiro atoms. The topological polar surface area (TPSA) is 26.0 Å². The fourth-order valence-corrected chi connectivity index (χ4v) is 0.526. The van der Waals surface area contributed by atoms with E-state index in [9.17, 15) is 0 Å². The average Bonchev–Trinajstić information content (AvgIpc) is 2.48. The van der Waals surface area contributed by atoms with Crippen molar-refractivity contribution in [2.24, 2.45) is 11.7 Å². The molecule has 1 aliphatic rings. The summed E-state index contributed by atoms with van der Waals surface area (Å²) in [7, 11) is 0. The average molecular weight is 115 g/mol. The van der Waals surface area contributed by atoms with Crippen molar-refractivity contribution in [3.05, 3.63) is 0 Å². The second kappa shape index (κ2) is 5.10. The zero-order valence-electron chi connectivity index (χ0n) is 5.98. The summed E-state index contributed by atoms with van der Waals surface area (Å²) in [4.78, 5) is 0. The predicted octanol–water partition coefficient (Wildman–Crippen LogP) is 1.77. The Hall–Kier alpha value is -0.0400. The highest BCUT2D eigenvalue weighted by atomic mass is 14.5. The molecule has 0 aromatic carbocycles. The van der Waals surface area contributed by atoms with Gasteiger partial charge in [-0.05, 0) is 12.5 Å². The molecule has 0 radical (unpaired) electrons. The molecule has 0 unspecified atom stereocenters. The highest BCUT2D eigenvalue weighted by Crippen LogP contribution is 2.31. The first-order valence-electron chi connectivity index (χ1n) is 3.55. The molecule has 0 heterocycles. The Morgan fingerprint density at radius 2 is 1.75 bits per heavy atom. The Labute approximate surface area is 52.3 Å². The lowest BCUT2D eigenvalue weighted by atomic mass is 10.3. The maximum absolute atomic E-state index is 4.85. The first-order valence-corrected chi connectivity index (χ1v) is 3.55. The second-order valence-corrected chi connectivity index (χ2v) is 2.26. The van der Waals surface area contributed by atoms with Crippen LogP contribution in [-0.4, -0.2) is 6.54 Å². The Kier molecular flexibility index (Phi) is 5.08. The van der Waals surface area contributed by atoms with E-state index in [1.54, 1.807) is 0 Å². The number of rotatable bonds is 1. The molecular formula is C7H17N. The molecule has 0 amide bonds. The van der Waals surface area contributed by atoms with E-state index in [4.69, 9.17) is 5.73 Å². The van der Waals surface area contributed by atoms with Crippen LogP contribution < -0.4 is 5.73 Å². The predicted molar refractivity (Wildman–Crippen MR) is 37.7 cm³/mol. The van der Waals surface area contributed by atoms with E-state index in [0.717, 1.165) is 12.5 Å². The summed E-state index contributed by atoms with van der Waals surface area (Å²) < 4.78 is 0. The quantitative estimate of drug-likeness (QED) is 0.553. The lowest BCUT2D eigenvalue weighted by Crippen LogP contribution is -1.87. The molecule has 1 nitrogen and oxygen atoms in total. The molecule has 0 aliphatic heterocycles. The van der Waals surface area contributed by atoms with Crippen molar-refractivity contribution in [1.82, 2.24) is 0 Å². The van der Waals surface area contributed by atoms with Crippen molar-refractivity contribution in [3.8, 4) is 0 Å². The Morgan fingerprint density at radius 3 is 1.75 bits per heavy atom. The van der Waals surface area contributed by atoms with Gasteiger partial charge < -0.3 is 5.73 Å². The van der Waals surface area contributed by atoms with E-state index < -0.39 is 0 Å². The third-order valence-corrected chi connectivity index (χ3v) is 1.27. The van der Waals surface area contributed by atoms with Gasteiger partial charge in [-0.3, -0.25) is 0 Å². The van der Waals surface area contributed by atoms with Crippen LogP contribution in [-0.2, 0) is 0 Å². The molecule has 0 saturated heterocycles. The number of nitrogens with two attached hydrogens (primary N) is 1. The van der Waals surface area contributed by atoms with Crippen molar-refractivity contribution < 1.29 is 0 Å². The smallest absolute Gasteiger partial charge is 0.0106 e. The fourth-order valence-electron chi connectivity index (χ4n) is 0.526. The summed E-state index contributed by atoms with van der Waals surface area (Å²) in [6.07, 6.45) is 4.44. The van der Waals surface area contributed by atoms with Gasteiger partial charge in [-0.25, -0.2) is 0 Å². The fraction of sp³-hybridized carbons (Fsp3) is 1.00. The van der Waals surface area contributed by atoms with Gasteiger partial charge in [-0.15, -0.1) is 0 Å². The SMILES string of the molecule is CCC1CC1.CCN. The Balaban J connectivity index is 0.000000145. The van der Waals surface area contributed by atoms with Gasteiger partial charge in [-0.2, -0.15) is 0 Å². The lowest BCUT2D eigenvalue weighted by Gasteiger charge is -1.72. The Bertz CT molecular complexity index is 39.7. The summed E-state index contributed by atoms with van der Waals surface area (Å²) in [6.45, 7) is 4.91. The van der Waals surface area contributed by atoms with Crippen molar-refractivity contribution in [2.45, 2.75) is 33.1 Å². The molecule has 1 saturated carbocycles. The van der Waals surface area contributed by atoms with Crippen molar-refractivity contribution in [1.29, 1.82) is 0 Å². The van der Waals surface area contributed by atoms with Gasteiger partial charge in [0.25, 0.3) is 0 Å². The van der Waals surface area contributed by atoms with Gasteiger partial charge >= 0.3 is 0 Å². The third kappa shape index (κ3) is 5.96. The first-order chi connectivity index (χ1) is 3.85. The zero-order chi connectivity index (χ0) is 6.41. The standard InChI is InChI=1S/C5H10.C2H7N/c1-2-5-3-4-5;1-2-3/h5H,2-4H2,1H3;2-3H2,1H3. The second-order valence-electron chi connectivity index (χ2n) is 2.26. The van der Waals surface area contributed by atoms with Gasteiger partial charge in [0.15, 0.2) is 0 Å². The summed E-state index contributed by atoms with van der Waals surface area (Å²) in [5.74, 6) is 1.13. The van der Waals surface area contributed by atoms with E-state index in [-0.39, 0.29) is 0 Å². The van der Waals surface area contributed by atoms with Gasteiger partial charge in [-0.1, -0.05) is 33.1 Å². The van der Waals surface area contributed by atoms with Crippen LogP contribution in [0.2, 0.25) is 0 Å². The van der Waals surface area contributed by atoms with Gasteiger partial charge in [0, 0.05) is 0 Å². The van der Waals surface area contributed by atoms with Crippen LogP contribution in [0.15, 0.2) is 0 Å². The van der Waals surface area contributed by atoms with Crippen molar-refractivity contribution in [2.75, 3.05) is 6.54 Å². The van der Waals surface area contributed by atoms with Crippen LogP contribution in [0.25, 0.3) is 0 Å². The highest BCUT2D eigenvalue weighted by molar-refractivity contribution is 4.69. The zero-order valence-corrected chi connectivity index (χ0v) is 5.98. The van der Waals surface area contributed by atoms with Crippen molar-refractivity contribution >= 4 is 0 Å². The number of hydrogen-bond donors (Lipinski definition) is 1. The first kappa shape index (κ1) is 7.96. The Morgan fingerprint density at radius 1 is 1.38 bits per heavy atom.